The molecule has 0 radical (unpaired) electrons. The van der Waals surface area contributed by atoms with Gasteiger partial charge in [0.25, 0.3) is 0 Å². The molecule has 12 heavy (non-hydrogen) atoms. The van der Waals surface area contributed by atoms with Crippen molar-refractivity contribution in [3.63, 3.8) is 0 Å². The predicted molar refractivity (Wildman–Crippen MR) is 50.1 cm³/mol. The summed E-state index contributed by atoms with van der Waals surface area (Å²) in [7, 11) is 1.93. The first-order chi connectivity index (χ1) is 5.84. The van der Waals surface area contributed by atoms with Crippen LogP contribution in [0.15, 0.2) is 0 Å². The van der Waals surface area contributed by atoms with E-state index in [1.54, 1.807) is 0 Å². The Morgan fingerprint density at radius 1 is 1.42 bits per heavy atom. The van der Waals surface area contributed by atoms with Gasteiger partial charge in [0.05, 0.1) is 0 Å². The third kappa shape index (κ3) is 2.94. The third-order valence-corrected chi connectivity index (χ3v) is 2.66. The molecule has 2 nitrogen and oxygen atoms in total. The van der Waals surface area contributed by atoms with Crippen LogP contribution in [0.3, 0.4) is 0 Å². The van der Waals surface area contributed by atoms with Crippen molar-refractivity contribution in [1.82, 2.24) is 5.32 Å². The van der Waals surface area contributed by atoms with Gasteiger partial charge in [-0.25, -0.2) is 0 Å². The van der Waals surface area contributed by atoms with Crippen LogP contribution in [-0.4, -0.2) is 19.4 Å². The number of rotatable bonds is 5. The van der Waals surface area contributed by atoms with Crippen molar-refractivity contribution in [2.24, 2.45) is 5.92 Å². The first kappa shape index (κ1) is 9.72. The summed E-state index contributed by atoms with van der Waals surface area (Å²) in [6.07, 6.45) is 6.62. The van der Waals surface area contributed by atoms with Crippen molar-refractivity contribution in [2.75, 3.05) is 13.6 Å². The molecule has 0 aromatic carbocycles. The minimum Gasteiger partial charge on any atom is -0.320 e. The molecule has 1 N–H and O–H groups in total. The van der Waals surface area contributed by atoms with Gasteiger partial charge in [-0.2, -0.15) is 0 Å². The van der Waals surface area contributed by atoms with E-state index in [0.29, 0.717) is 11.7 Å². The van der Waals surface area contributed by atoms with Gasteiger partial charge >= 0.3 is 0 Å². The average molecular weight is 169 g/mol. The molecule has 0 aromatic heterocycles. The SMILES string of the molecule is CNCCCC(=O)C1CCCC1. The summed E-state index contributed by atoms with van der Waals surface area (Å²) in [5.41, 5.74) is 0. The van der Waals surface area contributed by atoms with Crippen molar-refractivity contribution in [3.05, 3.63) is 0 Å². The largest absolute Gasteiger partial charge is 0.320 e. The fraction of sp³-hybridized carbons (Fsp3) is 0.900. The zero-order valence-electron chi connectivity index (χ0n) is 7.94. The van der Waals surface area contributed by atoms with Crippen LogP contribution in [0.4, 0.5) is 0 Å². The third-order valence-electron chi connectivity index (χ3n) is 2.66. The highest BCUT2D eigenvalue weighted by molar-refractivity contribution is 5.81. The molecule has 1 aliphatic rings. The van der Waals surface area contributed by atoms with Gasteiger partial charge in [-0.05, 0) is 32.9 Å². The summed E-state index contributed by atoms with van der Waals surface area (Å²) in [4.78, 5) is 11.5. The Hall–Kier alpha value is -0.370. The summed E-state index contributed by atoms with van der Waals surface area (Å²) < 4.78 is 0. The highest BCUT2D eigenvalue weighted by Crippen LogP contribution is 2.26. The minimum absolute atomic E-state index is 0.418. The molecule has 0 heterocycles. The molecule has 0 saturated heterocycles. The van der Waals surface area contributed by atoms with Crippen molar-refractivity contribution in [1.29, 1.82) is 0 Å². The molecular weight excluding hydrogens is 150 g/mol. The minimum atomic E-state index is 0.418. The Labute approximate surface area is 74.7 Å². The topological polar surface area (TPSA) is 29.1 Å². The lowest BCUT2D eigenvalue weighted by atomic mass is 9.99. The van der Waals surface area contributed by atoms with Crippen LogP contribution in [0.5, 0.6) is 0 Å². The van der Waals surface area contributed by atoms with E-state index in [1.807, 2.05) is 7.05 Å². The normalized spacial score (nSPS) is 18.4. The van der Waals surface area contributed by atoms with Crippen LogP contribution < -0.4 is 5.32 Å². The number of ketones is 1. The number of nitrogens with one attached hydrogen (secondary N) is 1. The molecule has 0 aliphatic heterocycles. The molecule has 2 heteroatoms. The molecule has 0 bridgehead atoms. The van der Waals surface area contributed by atoms with Crippen LogP contribution >= 0.6 is 0 Å². The van der Waals surface area contributed by atoms with E-state index < -0.39 is 0 Å². The number of carbonyl (C=O) groups excluding carboxylic acids is 1. The highest BCUT2D eigenvalue weighted by Gasteiger charge is 2.21. The zero-order valence-corrected chi connectivity index (χ0v) is 7.94. The average Bonchev–Trinajstić information content (AvgIpc) is 2.56. The molecule has 1 rings (SSSR count). The summed E-state index contributed by atoms with van der Waals surface area (Å²) in [5, 5.41) is 3.06. The van der Waals surface area contributed by atoms with Crippen molar-refractivity contribution < 1.29 is 4.79 Å². The van der Waals surface area contributed by atoms with Gasteiger partial charge in [0.15, 0.2) is 0 Å². The standard InChI is InChI=1S/C10H19NO/c1-11-8-4-7-10(12)9-5-2-3-6-9/h9,11H,2-8H2,1H3. The first-order valence-electron chi connectivity index (χ1n) is 5.02. The molecule has 1 aliphatic carbocycles. The summed E-state index contributed by atoms with van der Waals surface area (Å²) >= 11 is 0. The van der Waals surface area contributed by atoms with Gasteiger partial charge in [0.2, 0.25) is 0 Å². The van der Waals surface area contributed by atoms with Crippen LogP contribution in [0.1, 0.15) is 38.5 Å². The molecule has 0 atom stereocenters. The lowest BCUT2D eigenvalue weighted by Gasteiger charge is -2.06. The Bertz CT molecular complexity index is 139. The maximum absolute atomic E-state index is 11.5. The van der Waals surface area contributed by atoms with Gasteiger partial charge in [0, 0.05) is 12.3 Å². The zero-order chi connectivity index (χ0) is 8.81. The maximum Gasteiger partial charge on any atom is 0.136 e. The van der Waals surface area contributed by atoms with E-state index in [0.717, 1.165) is 32.2 Å². The van der Waals surface area contributed by atoms with E-state index in [-0.39, 0.29) is 0 Å². The quantitative estimate of drug-likeness (QED) is 0.635. The fourth-order valence-corrected chi connectivity index (χ4v) is 1.89. The van der Waals surface area contributed by atoms with Gasteiger partial charge in [0.1, 0.15) is 5.78 Å². The van der Waals surface area contributed by atoms with Crippen molar-refractivity contribution in [3.8, 4) is 0 Å². The predicted octanol–water partition coefficient (Wildman–Crippen LogP) is 1.75. The number of hydrogen-bond acceptors (Lipinski definition) is 2. The van der Waals surface area contributed by atoms with Crippen LogP contribution in [0.2, 0.25) is 0 Å². The molecule has 1 fully saturated rings. The Balaban J connectivity index is 2.10. The van der Waals surface area contributed by atoms with E-state index in [4.69, 9.17) is 0 Å². The second kappa shape index (κ2) is 5.31. The molecule has 0 amide bonds. The van der Waals surface area contributed by atoms with Crippen LogP contribution in [-0.2, 0) is 4.79 Å². The molecule has 70 valence electrons. The van der Waals surface area contributed by atoms with E-state index in [9.17, 15) is 4.79 Å². The van der Waals surface area contributed by atoms with Crippen molar-refractivity contribution >= 4 is 5.78 Å². The second-order valence-corrected chi connectivity index (χ2v) is 3.65. The molecular formula is C10H19NO. The lowest BCUT2D eigenvalue weighted by Crippen LogP contribution is -2.14. The van der Waals surface area contributed by atoms with Crippen molar-refractivity contribution in [2.45, 2.75) is 38.5 Å². The van der Waals surface area contributed by atoms with Gasteiger partial charge in [-0.1, -0.05) is 12.8 Å². The number of carbonyl (C=O) groups is 1. The molecule has 0 aromatic rings. The first-order valence-corrected chi connectivity index (χ1v) is 5.02. The summed E-state index contributed by atoms with van der Waals surface area (Å²) in [5.74, 6) is 0.921. The number of hydrogen-bond donors (Lipinski definition) is 1. The molecule has 0 spiro atoms. The number of Topliss-reactive ketones (excluding diaryl/α,β-unsaturated/α-hetero) is 1. The summed E-state index contributed by atoms with van der Waals surface area (Å²) in [6, 6.07) is 0. The lowest BCUT2D eigenvalue weighted by molar-refractivity contribution is -0.122. The summed E-state index contributed by atoms with van der Waals surface area (Å²) in [6.45, 7) is 0.971. The van der Waals surface area contributed by atoms with Gasteiger partial charge < -0.3 is 5.32 Å². The maximum atomic E-state index is 11.5. The highest BCUT2D eigenvalue weighted by atomic mass is 16.1. The van der Waals surface area contributed by atoms with Gasteiger partial charge in [-0.3, -0.25) is 4.79 Å². The smallest absolute Gasteiger partial charge is 0.136 e. The molecule has 0 unspecified atom stereocenters. The van der Waals surface area contributed by atoms with Crippen LogP contribution in [0, 0.1) is 5.92 Å². The fourth-order valence-electron chi connectivity index (χ4n) is 1.89. The Kier molecular flexibility index (Phi) is 4.30. The Morgan fingerprint density at radius 2 is 2.08 bits per heavy atom. The van der Waals surface area contributed by atoms with E-state index >= 15 is 0 Å². The molecule has 1 saturated carbocycles. The monoisotopic (exact) mass is 169 g/mol. The van der Waals surface area contributed by atoms with Gasteiger partial charge in [-0.15, -0.1) is 0 Å². The van der Waals surface area contributed by atoms with Crippen LogP contribution in [0.25, 0.3) is 0 Å². The van der Waals surface area contributed by atoms with E-state index in [2.05, 4.69) is 5.32 Å². The Morgan fingerprint density at radius 3 is 2.67 bits per heavy atom. The second-order valence-electron chi connectivity index (χ2n) is 3.65. The van der Waals surface area contributed by atoms with E-state index in [1.165, 1.54) is 12.8 Å².